The van der Waals surface area contributed by atoms with Gasteiger partial charge in [0.05, 0.1) is 0 Å². The van der Waals surface area contributed by atoms with E-state index in [4.69, 9.17) is 0 Å². The van der Waals surface area contributed by atoms with E-state index in [0.29, 0.717) is 5.78 Å². The van der Waals surface area contributed by atoms with Crippen LogP contribution in [0.5, 0.6) is 0 Å². The van der Waals surface area contributed by atoms with Gasteiger partial charge in [0, 0.05) is 18.0 Å². The number of nitrogens with zero attached hydrogens (tertiary/aromatic N) is 1. The van der Waals surface area contributed by atoms with Crippen molar-refractivity contribution in [3.63, 3.8) is 0 Å². The van der Waals surface area contributed by atoms with E-state index in [9.17, 15) is 4.79 Å². The summed E-state index contributed by atoms with van der Waals surface area (Å²) in [6.45, 7) is 5.34. The molecule has 1 atom stereocenters. The van der Waals surface area contributed by atoms with Crippen LogP contribution in [0.15, 0.2) is 24.3 Å². The van der Waals surface area contributed by atoms with Crippen LogP contribution in [0, 0.1) is 5.92 Å². The maximum Gasteiger partial charge on any atom is 0.166 e. The molecule has 0 aromatic heterocycles. The van der Waals surface area contributed by atoms with Crippen molar-refractivity contribution in [3.8, 4) is 0 Å². The number of likely N-dealkylation sites (tertiary alicyclic amines) is 1. The molecule has 1 aromatic carbocycles. The van der Waals surface area contributed by atoms with Gasteiger partial charge >= 0.3 is 0 Å². The molecule has 2 heteroatoms. The van der Waals surface area contributed by atoms with E-state index in [1.54, 1.807) is 0 Å². The van der Waals surface area contributed by atoms with E-state index >= 15 is 0 Å². The van der Waals surface area contributed by atoms with E-state index in [1.165, 1.54) is 44.1 Å². The van der Waals surface area contributed by atoms with E-state index < -0.39 is 0 Å². The summed E-state index contributed by atoms with van der Waals surface area (Å²) in [5.41, 5.74) is 2.30. The Morgan fingerprint density at radius 1 is 1.10 bits per heavy atom. The highest BCUT2D eigenvalue weighted by Gasteiger charge is 2.24. The fourth-order valence-corrected chi connectivity index (χ4v) is 3.41. The Morgan fingerprint density at radius 3 is 2.29 bits per heavy atom. The lowest BCUT2D eigenvalue weighted by molar-refractivity contribution is 0.0895. The maximum atomic E-state index is 12.6. The number of benzene rings is 1. The Hall–Kier alpha value is -1.15. The van der Waals surface area contributed by atoms with Crippen molar-refractivity contribution >= 4 is 5.78 Å². The lowest BCUT2D eigenvalue weighted by Gasteiger charge is -2.23. The summed E-state index contributed by atoms with van der Waals surface area (Å²) in [6.07, 6.45) is 7.91. The highest BCUT2D eigenvalue weighted by atomic mass is 16.1. The van der Waals surface area contributed by atoms with Crippen LogP contribution in [0.25, 0.3) is 0 Å². The van der Waals surface area contributed by atoms with E-state index in [2.05, 4.69) is 24.0 Å². The Morgan fingerprint density at radius 2 is 1.71 bits per heavy atom. The minimum Gasteiger partial charge on any atom is -0.303 e. The Bertz CT molecular complexity index is 467. The minimum atomic E-state index is 0.106. The van der Waals surface area contributed by atoms with Crippen molar-refractivity contribution in [2.24, 2.45) is 5.92 Å². The van der Waals surface area contributed by atoms with Crippen LogP contribution in [-0.4, -0.2) is 30.3 Å². The molecule has 2 fully saturated rings. The summed E-state index contributed by atoms with van der Waals surface area (Å²) in [5.74, 6) is 1.18. The van der Waals surface area contributed by atoms with Crippen molar-refractivity contribution in [1.82, 2.24) is 4.90 Å². The first-order chi connectivity index (χ1) is 10.2. The topological polar surface area (TPSA) is 20.3 Å². The monoisotopic (exact) mass is 285 g/mol. The molecule has 1 aromatic rings. The second kappa shape index (κ2) is 6.74. The molecular weight excluding hydrogens is 258 g/mol. The van der Waals surface area contributed by atoms with Crippen molar-refractivity contribution in [1.29, 1.82) is 0 Å². The van der Waals surface area contributed by atoms with Crippen LogP contribution in [0.2, 0.25) is 0 Å². The van der Waals surface area contributed by atoms with Crippen molar-refractivity contribution in [3.05, 3.63) is 35.4 Å². The number of carbonyl (C=O) groups is 1. The van der Waals surface area contributed by atoms with E-state index in [-0.39, 0.29) is 5.92 Å². The van der Waals surface area contributed by atoms with Crippen LogP contribution in [0.4, 0.5) is 0 Å². The highest BCUT2D eigenvalue weighted by Crippen LogP contribution is 2.39. The summed E-state index contributed by atoms with van der Waals surface area (Å²) < 4.78 is 0. The summed E-state index contributed by atoms with van der Waals surface area (Å²) in [5, 5.41) is 0. The lowest BCUT2D eigenvalue weighted by atomic mass is 9.97. The first-order valence-corrected chi connectivity index (χ1v) is 8.60. The third kappa shape index (κ3) is 3.94. The Labute approximate surface area is 128 Å². The van der Waals surface area contributed by atoms with Crippen LogP contribution in [0.3, 0.4) is 0 Å². The number of ketones is 1. The normalized spacial score (nSPS) is 21.8. The molecule has 3 rings (SSSR count). The second-order valence-electron chi connectivity index (χ2n) is 6.88. The van der Waals surface area contributed by atoms with Gasteiger partial charge in [-0.3, -0.25) is 4.79 Å². The van der Waals surface area contributed by atoms with Crippen LogP contribution in [-0.2, 0) is 0 Å². The summed E-state index contributed by atoms with van der Waals surface area (Å²) in [4.78, 5) is 15.1. The molecule has 0 amide bonds. The minimum absolute atomic E-state index is 0.106. The molecule has 0 N–H and O–H groups in total. The van der Waals surface area contributed by atoms with Crippen LogP contribution >= 0.6 is 0 Å². The number of rotatable bonds is 5. The van der Waals surface area contributed by atoms with Gasteiger partial charge in [-0.15, -0.1) is 0 Å². The molecule has 0 radical (unpaired) electrons. The molecular formula is C19H27NO. The summed E-state index contributed by atoms with van der Waals surface area (Å²) in [7, 11) is 0. The molecule has 1 aliphatic carbocycles. The van der Waals surface area contributed by atoms with Crippen molar-refractivity contribution in [2.45, 2.75) is 51.4 Å². The Balaban J connectivity index is 1.57. The van der Waals surface area contributed by atoms with Gasteiger partial charge in [0.15, 0.2) is 5.78 Å². The lowest BCUT2D eigenvalue weighted by Crippen LogP contribution is -2.32. The standard InChI is InChI=1S/C19H27NO/c1-15(14-20-12-4-2-3-5-13-20)19(21)18-10-8-17(9-11-18)16-6-7-16/h8-11,15-16H,2-7,12-14H2,1H3. The number of hydrogen-bond donors (Lipinski definition) is 0. The molecule has 1 unspecified atom stereocenters. The molecule has 0 spiro atoms. The predicted molar refractivity (Wildman–Crippen MR) is 86.8 cm³/mol. The molecule has 1 heterocycles. The first kappa shape index (κ1) is 14.8. The SMILES string of the molecule is CC(CN1CCCCCC1)C(=O)c1ccc(C2CC2)cc1. The zero-order valence-corrected chi connectivity index (χ0v) is 13.2. The van der Waals surface area contributed by atoms with Gasteiger partial charge in [-0.25, -0.2) is 0 Å². The maximum absolute atomic E-state index is 12.6. The average Bonchev–Trinajstić information content (AvgIpc) is 3.34. The number of Topliss-reactive ketones (excluding diaryl/α,β-unsaturated/α-hetero) is 1. The van der Waals surface area contributed by atoms with Gasteiger partial charge < -0.3 is 4.90 Å². The van der Waals surface area contributed by atoms with E-state index in [0.717, 1.165) is 31.1 Å². The summed E-state index contributed by atoms with van der Waals surface area (Å²) >= 11 is 0. The molecule has 2 aliphatic rings. The third-order valence-electron chi connectivity index (χ3n) is 4.92. The number of carbonyl (C=O) groups excluding carboxylic acids is 1. The van der Waals surface area contributed by atoms with Crippen molar-refractivity contribution in [2.75, 3.05) is 19.6 Å². The van der Waals surface area contributed by atoms with Crippen LogP contribution in [0.1, 0.15) is 67.3 Å². The molecule has 0 bridgehead atoms. The smallest absolute Gasteiger partial charge is 0.166 e. The quantitative estimate of drug-likeness (QED) is 0.753. The number of hydrogen-bond acceptors (Lipinski definition) is 2. The first-order valence-electron chi connectivity index (χ1n) is 8.60. The van der Waals surface area contributed by atoms with Gasteiger partial charge in [-0.2, -0.15) is 0 Å². The fraction of sp³-hybridized carbons (Fsp3) is 0.632. The average molecular weight is 285 g/mol. The van der Waals surface area contributed by atoms with Crippen LogP contribution < -0.4 is 0 Å². The molecule has 1 aliphatic heterocycles. The molecule has 114 valence electrons. The largest absolute Gasteiger partial charge is 0.303 e. The molecule has 1 saturated carbocycles. The zero-order valence-electron chi connectivity index (χ0n) is 13.2. The van der Waals surface area contributed by atoms with Gasteiger partial charge in [0.1, 0.15) is 0 Å². The third-order valence-corrected chi connectivity index (χ3v) is 4.92. The Kier molecular flexibility index (Phi) is 4.74. The van der Waals surface area contributed by atoms with Crippen molar-refractivity contribution < 1.29 is 4.79 Å². The molecule has 2 nitrogen and oxygen atoms in total. The zero-order chi connectivity index (χ0) is 14.7. The van der Waals surface area contributed by atoms with Gasteiger partial charge in [0.25, 0.3) is 0 Å². The molecule has 21 heavy (non-hydrogen) atoms. The predicted octanol–water partition coefficient (Wildman–Crippen LogP) is 4.26. The van der Waals surface area contributed by atoms with E-state index in [1.807, 2.05) is 12.1 Å². The highest BCUT2D eigenvalue weighted by molar-refractivity contribution is 5.97. The fourth-order valence-electron chi connectivity index (χ4n) is 3.41. The summed E-state index contributed by atoms with van der Waals surface area (Å²) in [6, 6.07) is 8.39. The second-order valence-corrected chi connectivity index (χ2v) is 6.88. The van der Waals surface area contributed by atoms with Gasteiger partial charge in [0.2, 0.25) is 0 Å². The van der Waals surface area contributed by atoms with Gasteiger partial charge in [-0.05, 0) is 50.3 Å². The molecule has 1 saturated heterocycles. The van der Waals surface area contributed by atoms with Gasteiger partial charge in [-0.1, -0.05) is 44.0 Å².